The highest BCUT2D eigenvalue weighted by molar-refractivity contribution is 7.89. The maximum Gasteiger partial charge on any atom is 0.390 e. The quantitative estimate of drug-likeness (QED) is 0.804. The molecule has 0 aromatic carbocycles. The number of alkyl halides is 3. The van der Waals surface area contributed by atoms with Gasteiger partial charge in [-0.2, -0.15) is 13.2 Å². The van der Waals surface area contributed by atoms with Gasteiger partial charge in [-0.15, -0.1) is 0 Å². The lowest BCUT2D eigenvalue weighted by Gasteiger charge is -2.55. The molecule has 0 aromatic heterocycles. The number of hydrogen-bond acceptors (Lipinski definition) is 4. The van der Waals surface area contributed by atoms with Gasteiger partial charge in [0.1, 0.15) is 0 Å². The highest BCUT2D eigenvalue weighted by atomic mass is 32.2. The first-order valence-corrected chi connectivity index (χ1v) is 8.12. The van der Waals surface area contributed by atoms with Gasteiger partial charge in [0.05, 0.1) is 18.3 Å². The zero-order valence-electron chi connectivity index (χ0n) is 10.8. The molecule has 1 spiro atoms. The summed E-state index contributed by atoms with van der Waals surface area (Å²) >= 11 is 0. The molecule has 1 aliphatic heterocycles. The van der Waals surface area contributed by atoms with E-state index in [1.165, 1.54) is 0 Å². The summed E-state index contributed by atoms with van der Waals surface area (Å²) in [5.74, 6) is -0.977. The van der Waals surface area contributed by atoms with E-state index in [9.17, 15) is 26.7 Å². The maximum atomic E-state index is 12.1. The third-order valence-corrected chi connectivity index (χ3v) is 5.60. The molecule has 9 heteroatoms. The Hall–Kier alpha value is -0.380. The summed E-state index contributed by atoms with van der Waals surface area (Å²) in [5.41, 5.74) is -0.580. The lowest BCUT2D eigenvalue weighted by molar-refractivity contribution is -0.143. The molecule has 0 amide bonds. The van der Waals surface area contributed by atoms with Crippen LogP contribution >= 0.6 is 0 Å². The van der Waals surface area contributed by atoms with Crippen LogP contribution in [0.4, 0.5) is 13.2 Å². The molecule has 5 nitrogen and oxygen atoms in total. The zero-order valence-corrected chi connectivity index (χ0v) is 11.6. The van der Waals surface area contributed by atoms with Gasteiger partial charge >= 0.3 is 6.18 Å². The molecule has 2 rings (SSSR count). The van der Waals surface area contributed by atoms with Crippen LogP contribution in [-0.4, -0.2) is 50.8 Å². The first kappa shape index (κ1) is 16.0. The smallest absolute Gasteiger partial charge is 0.390 e. The summed E-state index contributed by atoms with van der Waals surface area (Å²) in [5, 5.41) is 9.88. The molecular formula is C11H18F3NO4S. The Labute approximate surface area is 115 Å². The van der Waals surface area contributed by atoms with Gasteiger partial charge in [0, 0.05) is 24.7 Å². The van der Waals surface area contributed by atoms with E-state index in [1.807, 2.05) is 0 Å². The van der Waals surface area contributed by atoms with E-state index in [2.05, 4.69) is 4.72 Å². The van der Waals surface area contributed by atoms with Crippen LogP contribution in [0.15, 0.2) is 0 Å². The van der Waals surface area contributed by atoms with Crippen molar-refractivity contribution in [1.82, 2.24) is 4.72 Å². The lowest BCUT2D eigenvalue weighted by Crippen LogP contribution is -2.65. The Balaban J connectivity index is 1.95. The minimum atomic E-state index is -4.50. The van der Waals surface area contributed by atoms with Crippen molar-refractivity contribution in [3.05, 3.63) is 0 Å². The first-order chi connectivity index (χ1) is 9.15. The van der Waals surface area contributed by atoms with E-state index in [0.717, 1.165) is 0 Å². The van der Waals surface area contributed by atoms with E-state index in [4.69, 9.17) is 4.74 Å². The topological polar surface area (TPSA) is 75.6 Å². The maximum absolute atomic E-state index is 12.1. The Bertz CT molecular complexity index is 445. The lowest BCUT2D eigenvalue weighted by atomic mass is 9.58. The predicted molar refractivity (Wildman–Crippen MR) is 64.5 cm³/mol. The molecule has 0 unspecified atom stereocenters. The predicted octanol–water partition coefficient (Wildman–Crippen LogP) is 0.788. The number of nitrogens with one attached hydrogen (secondary N) is 1. The average molecular weight is 317 g/mol. The van der Waals surface area contributed by atoms with Crippen LogP contribution in [-0.2, 0) is 14.8 Å². The fourth-order valence-corrected chi connectivity index (χ4v) is 4.27. The van der Waals surface area contributed by atoms with Crippen molar-refractivity contribution in [2.24, 2.45) is 5.41 Å². The Morgan fingerprint density at radius 1 is 1.30 bits per heavy atom. The van der Waals surface area contributed by atoms with Crippen molar-refractivity contribution in [2.75, 3.05) is 19.0 Å². The van der Waals surface area contributed by atoms with Gasteiger partial charge in [-0.3, -0.25) is 0 Å². The Kier molecular flexibility index (Phi) is 4.35. The first-order valence-electron chi connectivity index (χ1n) is 6.47. The van der Waals surface area contributed by atoms with Gasteiger partial charge < -0.3 is 9.84 Å². The van der Waals surface area contributed by atoms with Crippen LogP contribution in [0.2, 0.25) is 0 Å². The summed E-state index contributed by atoms with van der Waals surface area (Å²) in [6, 6.07) is -0.500. The standard InChI is InChI=1S/C11H18F3NO4S/c12-11(13,14)3-6-20(17,18)15-8-7-9(16)10(8)1-4-19-5-2-10/h8-9,15-16H,1-7H2/t8-,9-/m1/s1. The molecule has 2 fully saturated rings. The van der Waals surface area contributed by atoms with Crippen molar-refractivity contribution in [2.45, 2.75) is 44.0 Å². The molecular weight excluding hydrogens is 299 g/mol. The second-order valence-corrected chi connectivity index (χ2v) is 7.32. The van der Waals surface area contributed by atoms with Crippen LogP contribution in [0, 0.1) is 5.41 Å². The van der Waals surface area contributed by atoms with E-state index < -0.39 is 45.9 Å². The Morgan fingerprint density at radius 3 is 2.40 bits per heavy atom. The molecule has 0 radical (unpaired) electrons. The largest absolute Gasteiger partial charge is 0.392 e. The summed E-state index contributed by atoms with van der Waals surface area (Å²) in [6.45, 7) is 0.857. The average Bonchev–Trinajstić information content (AvgIpc) is 2.36. The molecule has 1 saturated carbocycles. The third kappa shape index (κ3) is 3.44. The van der Waals surface area contributed by atoms with Gasteiger partial charge in [0.25, 0.3) is 0 Å². The highest BCUT2D eigenvalue weighted by Crippen LogP contribution is 2.49. The zero-order chi connectivity index (χ0) is 15.0. The second kappa shape index (κ2) is 5.43. The van der Waals surface area contributed by atoms with Gasteiger partial charge in [0.15, 0.2) is 0 Å². The molecule has 0 aromatic rings. The monoisotopic (exact) mass is 317 g/mol. The van der Waals surface area contributed by atoms with E-state index in [0.29, 0.717) is 26.1 Å². The number of sulfonamides is 1. The fraction of sp³-hybridized carbons (Fsp3) is 1.00. The molecule has 2 atom stereocenters. The molecule has 0 bridgehead atoms. The molecule has 1 heterocycles. The van der Waals surface area contributed by atoms with Crippen LogP contribution in [0.5, 0.6) is 0 Å². The third-order valence-electron chi connectivity index (χ3n) is 4.22. The molecule has 1 aliphatic carbocycles. The van der Waals surface area contributed by atoms with E-state index in [-0.39, 0.29) is 6.42 Å². The molecule has 20 heavy (non-hydrogen) atoms. The number of halogens is 3. The summed E-state index contributed by atoms with van der Waals surface area (Å²) in [6.07, 6.45) is -5.22. The van der Waals surface area contributed by atoms with E-state index in [1.54, 1.807) is 0 Å². The Morgan fingerprint density at radius 2 is 1.90 bits per heavy atom. The number of aliphatic hydroxyl groups is 1. The number of ether oxygens (including phenoxy) is 1. The molecule has 118 valence electrons. The molecule has 2 aliphatic rings. The SMILES string of the molecule is O=S(=O)(CCC(F)(F)F)N[C@@H]1C[C@@H](O)C12CCOCC2. The summed E-state index contributed by atoms with van der Waals surface area (Å²) in [7, 11) is -4.00. The number of hydrogen-bond donors (Lipinski definition) is 2. The molecule has 1 saturated heterocycles. The van der Waals surface area contributed by atoms with Crippen LogP contribution in [0.1, 0.15) is 25.7 Å². The van der Waals surface area contributed by atoms with Gasteiger partial charge in [0.2, 0.25) is 10.0 Å². The molecule has 2 N–H and O–H groups in total. The van der Waals surface area contributed by atoms with Crippen LogP contribution in [0.3, 0.4) is 0 Å². The van der Waals surface area contributed by atoms with Crippen LogP contribution < -0.4 is 4.72 Å². The fourth-order valence-electron chi connectivity index (χ4n) is 2.89. The van der Waals surface area contributed by atoms with Crippen molar-refractivity contribution in [3.8, 4) is 0 Å². The van der Waals surface area contributed by atoms with Crippen molar-refractivity contribution in [1.29, 1.82) is 0 Å². The van der Waals surface area contributed by atoms with Gasteiger partial charge in [-0.05, 0) is 19.3 Å². The van der Waals surface area contributed by atoms with E-state index >= 15 is 0 Å². The normalized spacial score (nSPS) is 30.2. The van der Waals surface area contributed by atoms with Gasteiger partial charge in [-0.1, -0.05) is 0 Å². The minimum absolute atomic E-state index is 0.241. The number of rotatable bonds is 4. The van der Waals surface area contributed by atoms with Gasteiger partial charge in [-0.25, -0.2) is 13.1 Å². The second-order valence-electron chi connectivity index (χ2n) is 5.45. The highest BCUT2D eigenvalue weighted by Gasteiger charge is 2.55. The van der Waals surface area contributed by atoms with Crippen molar-refractivity contribution < 1.29 is 31.4 Å². The number of aliphatic hydroxyl groups excluding tert-OH is 1. The van der Waals surface area contributed by atoms with Crippen molar-refractivity contribution in [3.63, 3.8) is 0 Å². The minimum Gasteiger partial charge on any atom is -0.392 e. The summed E-state index contributed by atoms with van der Waals surface area (Å²) < 4.78 is 67.1. The van der Waals surface area contributed by atoms with Crippen molar-refractivity contribution >= 4 is 10.0 Å². The van der Waals surface area contributed by atoms with Crippen LogP contribution in [0.25, 0.3) is 0 Å². The summed E-state index contributed by atoms with van der Waals surface area (Å²) in [4.78, 5) is 0.